The van der Waals surface area contributed by atoms with E-state index < -0.39 is 17.8 Å². The van der Waals surface area contributed by atoms with Gasteiger partial charge in [0.05, 0.1) is 0 Å². The van der Waals surface area contributed by atoms with Gasteiger partial charge < -0.3 is 10.4 Å². The van der Waals surface area contributed by atoms with Crippen molar-refractivity contribution < 1.29 is 14.3 Å². The maximum absolute atomic E-state index is 13.5. The maximum Gasteiger partial charge on any atom is 0.325 e. The second-order valence-electron chi connectivity index (χ2n) is 3.71. The predicted molar refractivity (Wildman–Crippen MR) is 62.4 cm³/mol. The smallest absolute Gasteiger partial charge is 0.325 e. The molecule has 0 saturated heterocycles. The molecule has 0 fully saturated rings. The van der Waals surface area contributed by atoms with E-state index in [2.05, 4.69) is 10.3 Å². The van der Waals surface area contributed by atoms with Crippen LogP contribution in [0.1, 0.15) is 6.92 Å². The molecule has 0 radical (unpaired) electrons. The molecule has 0 aliphatic rings. The van der Waals surface area contributed by atoms with Crippen LogP contribution in [0.4, 0.5) is 10.2 Å². The van der Waals surface area contributed by atoms with E-state index in [1.807, 2.05) is 0 Å². The topological polar surface area (TPSA) is 62.2 Å². The van der Waals surface area contributed by atoms with E-state index in [1.54, 1.807) is 24.3 Å². The van der Waals surface area contributed by atoms with Gasteiger partial charge in [0.25, 0.3) is 0 Å². The van der Waals surface area contributed by atoms with Gasteiger partial charge in [-0.15, -0.1) is 0 Å². The minimum absolute atomic E-state index is 0.232. The Morgan fingerprint density at radius 3 is 2.88 bits per heavy atom. The number of para-hydroxylation sites is 1. The first kappa shape index (κ1) is 11.3. The van der Waals surface area contributed by atoms with Crippen LogP contribution >= 0.6 is 0 Å². The molecule has 1 aromatic heterocycles. The lowest BCUT2D eigenvalue weighted by molar-refractivity contribution is -0.137. The van der Waals surface area contributed by atoms with Crippen molar-refractivity contribution in [2.75, 3.05) is 5.32 Å². The van der Waals surface area contributed by atoms with Gasteiger partial charge in [-0.2, -0.15) is 0 Å². The lowest BCUT2D eigenvalue weighted by Gasteiger charge is -2.10. The summed E-state index contributed by atoms with van der Waals surface area (Å²) in [5, 5.41) is 12.1. The number of hydrogen-bond acceptors (Lipinski definition) is 3. The molecular weight excluding hydrogens is 223 g/mol. The van der Waals surface area contributed by atoms with Crippen LogP contribution in [-0.4, -0.2) is 22.1 Å². The van der Waals surface area contributed by atoms with Crippen molar-refractivity contribution in [1.29, 1.82) is 0 Å². The number of carbonyl (C=O) groups is 1. The van der Waals surface area contributed by atoms with Gasteiger partial charge in [0.2, 0.25) is 0 Å². The number of aliphatic carboxylic acids is 1. The molecule has 2 aromatic rings. The first-order valence-corrected chi connectivity index (χ1v) is 5.12. The van der Waals surface area contributed by atoms with E-state index >= 15 is 0 Å². The van der Waals surface area contributed by atoms with Gasteiger partial charge >= 0.3 is 5.97 Å². The number of anilines is 1. The van der Waals surface area contributed by atoms with Crippen molar-refractivity contribution in [2.24, 2.45) is 0 Å². The lowest BCUT2D eigenvalue weighted by atomic mass is 10.2. The van der Waals surface area contributed by atoms with Gasteiger partial charge in [0, 0.05) is 5.39 Å². The Hall–Kier alpha value is -2.17. The zero-order valence-corrected chi connectivity index (χ0v) is 9.14. The zero-order chi connectivity index (χ0) is 12.4. The summed E-state index contributed by atoms with van der Waals surface area (Å²) in [6, 6.07) is 7.22. The summed E-state index contributed by atoms with van der Waals surface area (Å²) in [4.78, 5) is 14.7. The number of aromatic nitrogens is 1. The monoisotopic (exact) mass is 234 g/mol. The molecule has 1 unspecified atom stereocenters. The summed E-state index contributed by atoms with van der Waals surface area (Å²) in [6.07, 6.45) is 0. The number of pyridine rings is 1. The van der Waals surface area contributed by atoms with Gasteiger partial charge in [0.15, 0.2) is 0 Å². The summed E-state index contributed by atoms with van der Waals surface area (Å²) in [5.41, 5.74) is 0.232. The van der Waals surface area contributed by atoms with E-state index in [0.29, 0.717) is 11.2 Å². The van der Waals surface area contributed by atoms with Crippen molar-refractivity contribution in [3.05, 3.63) is 36.1 Å². The Labute approximate surface area is 97.1 Å². The molecule has 1 aromatic carbocycles. The number of carboxylic acid groups (broad SMARTS) is 1. The molecule has 0 spiro atoms. The highest BCUT2D eigenvalue weighted by atomic mass is 19.1. The van der Waals surface area contributed by atoms with Gasteiger partial charge in [-0.3, -0.25) is 4.79 Å². The van der Waals surface area contributed by atoms with E-state index in [1.165, 1.54) is 13.0 Å². The summed E-state index contributed by atoms with van der Waals surface area (Å²) in [5.74, 6) is -1.06. The Bertz CT molecular complexity index is 571. The fraction of sp³-hybridized carbons (Fsp3) is 0.167. The van der Waals surface area contributed by atoms with Gasteiger partial charge in [-0.1, -0.05) is 12.1 Å². The molecule has 0 amide bonds. The minimum atomic E-state index is -0.986. The number of halogens is 1. The molecule has 0 saturated carbocycles. The third kappa shape index (κ3) is 2.33. The Morgan fingerprint density at radius 2 is 2.18 bits per heavy atom. The van der Waals surface area contributed by atoms with E-state index in [4.69, 9.17) is 5.11 Å². The SMILES string of the molecule is CC(Nc1ccc2cccc(F)c2n1)C(=O)O. The van der Waals surface area contributed by atoms with Crippen molar-refractivity contribution in [3.63, 3.8) is 0 Å². The molecule has 0 bridgehead atoms. The molecular formula is C12H11FN2O2. The number of benzene rings is 1. The van der Waals surface area contributed by atoms with Gasteiger partial charge in [-0.25, -0.2) is 9.37 Å². The normalized spacial score (nSPS) is 12.4. The highest BCUT2D eigenvalue weighted by molar-refractivity contribution is 5.82. The minimum Gasteiger partial charge on any atom is -0.480 e. The predicted octanol–water partition coefficient (Wildman–Crippen LogP) is 2.26. The summed E-state index contributed by atoms with van der Waals surface area (Å²) in [6.45, 7) is 1.50. The number of rotatable bonds is 3. The average molecular weight is 234 g/mol. The van der Waals surface area contributed by atoms with Crippen LogP contribution in [-0.2, 0) is 4.79 Å². The molecule has 88 valence electrons. The average Bonchev–Trinajstić information content (AvgIpc) is 2.30. The third-order valence-electron chi connectivity index (χ3n) is 2.41. The second kappa shape index (κ2) is 4.37. The van der Waals surface area contributed by atoms with Crippen molar-refractivity contribution in [3.8, 4) is 0 Å². The summed E-state index contributed by atoms with van der Waals surface area (Å²) < 4.78 is 13.5. The fourth-order valence-electron chi connectivity index (χ4n) is 1.47. The zero-order valence-electron chi connectivity index (χ0n) is 9.14. The number of fused-ring (bicyclic) bond motifs is 1. The molecule has 5 heteroatoms. The van der Waals surface area contributed by atoms with Crippen LogP contribution in [0, 0.1) is 5.82 Å². The van der Waals surface area contributed by atoms with E-state index in [-0.39, 0.29) is 5.52 Å². The van der Waals surface area contributed by atoms with E-state index in [9.17, 15) is 9.18 Å². The highest BCUT2D eigenvalue weighted by Crippen LogP contribution is 2.18. The molecule has 4 nitrogen and oxygen atoms in total. The molecule has 2 rings (SSSR count). The number of nitrogens with one attached hydrogen (secondary N) is 1. The molecule has 17 heavy (non-hydrogen) atoms. The highest BCUT2D eigenvalue weighted by Gasteiger charge is 2.11. The Morgan fingerprint density at radius 1 is 1.41 bits per heavy atom. The third-order valence-corrected chi connectivity index (χ3v) is 2.41. The lowest BCUT2D eigenvalue weighted by Crippen LogP contribution is -2.25. The number of hydrogen-bond donors (Lipinski definition) is 2. The van der Waals surface area contributed by atoms with Crippen LogP contribution in [0.25, 0.3) is 10.9 Å². The fourth-order valence-corrected chi connectivity index (χ4v) is 1.47. The summed E-state index contributed by atoms with van der Waals surface area (Å²) >= 11 is 0. The van der Waals surface area contributed by atoms with Crippen molar-refractivity contribution in [1.82, 2.24) is 4.98 Å². The quantitative estimate of drug-likeness (QED) is 0.855. The van der Waals surface area contributed by atoms with Crippen molar-refractivity contribution in [2.45, 2.75) is 13.0 Å². The molecule has 0 aliphatic heterocycles. The maximum atomic E-state index is 13.5. The molecule has 1 atom stereocenters. The van der Waals surface area contributed by atoms with Crippen LogP contribution < -0.4 is 5.32 Å². The Kier molecular flexibility index (Phi) is 2.91. The number of nitrogens with zero attached hydrogens (tertiary/aromatic N) is 1. The molecule has 1 heterocycles. The van der Waals surface area contributed by atoms with Crippen LogP contribution in [0.5, 0.6) is 0 Å². The van der Waals surface area contributed by atoms with Crippen molar-refractivity contribution >= 4 is 22.7 Å². The molecule has 2 N–H and O–H groups in total. The van der Waals surface area contributed by atoms with Crippen LogP contribution in [0.3, 0.4) is 0 Å². The summed E-state index contributed by atoms with van der Waals surface area (Å²) in [7, 11) is 0. The second-order valence-corrected chi connectivity index (χ2v) is 3.71. The first-order chi connectivity index (χ1) is 8.08. The Balaban J connectivity index is 2.37. The standard InChI is InChI=1S/C12H11FN2O2/c1-7(12(16)17)14-10-6-5-8-3-2-4-9(13)11(8)15-10/h2-7H,1H3,(H,14,15)(H,16,17). The van der Waals surface area contributed by atoms with Crippen LogP contribution in [0.15, 0.2) is 30.3 Å². The van der Waals surface area contributed by atoms with Gasteiger partial charge in [0.1, 0.15) is 23.2 Å². The number of carboxylic acids is 1. The van der Waals surface area contributed by atoms with Crippen LogP contribution in [0.2, 0.25) is 0 Å². The van der Waals surface area contributed by atoms with Gasteiger partial charge in [-0.05, 0) is 25.1 Å². The largest absolute Gasteiger partial charge is 0.480 e. The molecule has 0 aliphatic carbocycles. The van der Waals surface area contributed by atoms with E-state index in [0.717, 1.165) is 0 Å². The first-order valence-electron chi connectivity index (χ1n) is 5.12.